The number of rotatable bonds is 3. The van der Waals surface area contributed by atoms with Gasteiger partial charge >= 0.3 is 0 Å². The first-order valence-electron chi connectivity index (χ1n) is 5.97. The van der Waals surface area contributed by atoms with E-state index in [1.807, 2.05) is 0 Å². The van der Waals surface area contributed by atoms with Gasteiger partial charge in [-0.15, -0.1) is 0 Å². The van der Waals surface area contributed by atoms with Crippen LogP contribution >= 0.6 is 0 Å². The Bertz CT molecular complexity index is 406. The van der Waals surface area contributed by atoms with Crippen LogP contribution in [0.15, 0.2) is 24.3 Å². The second-order valence-electron chi connectivity index (χ2n) is 4.63. The van der Waals surface area contributed by atoms with Gasteiger partial charge in [-0.05, 0) is 37.3 Å². The lowest BCUT2D eigenvalue weighted by Crippen LogP contribution is -2.29. The number of nitrogens with one attached hydrogen (secondary N) is 1. The number of nitrogen functional groups attached to an aromatic ring is 1. The molecule has 4 heteroatoms. The molecule has 1 aliphatic rings. The normalized spacial score (nSPS) is 23.6. The summed E-state index contributed by atoms with van der Waals surface area (Å²) in [5.74, 6) is 0.253. The molecule has 4 nitrogen and oxygen atoms in total. The van der Waals surface area contributed by atoms with E-state index in [0.29, 0.717) is 23.7 Å². The van der Waals surface area contributed by atoms with Gasteiger partial charge in [0.15, 0.2) is 0 Å². The molecule has 1 aromatic rings. The summed E-state index contributed by atoms with van der Waals surface area (Å²) in [5, 5.41) is 12.3. The fraction of sp³-hybridized carbons (Fsp3) is 0.462. The van der Waals surface area contributed by atoms with Crippen LogP contribution in [0.5, 0.6) is 0 Å². The van der Waals surface area contributed by atoms with E-state index >= 15 is 0 Å². The van der Waals surface area contributed by atoms with Crippen LogP contribution < -0.4 is 11.1 Å². The van der Waals surface area contributed by atoms with E-state index in [2.05, 4.69) is 5.32 Å². The fourth-order valence-electron chi connectivity index (χ4n) is 2.27. The van der Waals surface area contributed by atoms with Crippen molar-refractivity contribution in [3.8, 4) is 0 Å². The van der Waals surface area contributed by atoms with Gasteiger partial charge in [-0.3, -0.25) is 4.79 Å². The maximum atomic E-state index is 11.9. The second-order valence-corrected chi connectivity index (χ2v) is 4.63. The molecule has 0 radical (unpaired) electrons. The number of aliphatic hydroxyl groups is 1. The van der Waals surface area contributed by atoms with Crippen LogP contribution in [0.25, 0.3) is 0 Å². The van der Waals surface area contributed by atoms with E-state index in [0.717, 1.165) is 19.3 Å². The molecule has 2 atom stereocenters. The number of benzene rings is 1. The van der Waals surface area contributed by atoms with Crippen LogP contribution in [0.1, 0.15) is 29.6 Å². The van der Waals surface area contributed by atoms with Crippen molar-refractivity contribution in [2.24, 2.45) is 5.92 Å². The van der Waals surface area contributed by atoms with E-state index in [1.165, 1.54) is 0 Å². The molecule has 1 fully saturated rings. The third-order valence-corrected chi connectivity index (χ3v) is 3.27. The van der Waals surface area contributed by atoms with Crippen molar-refractivity contribution in [3.63, 3.8) is 0 Å². The zero-order valence-electron chi connectivity index (χ0n) is 9.73. The molecule has 0 bridgehead atoms. The molecular weight excluding hydrogens is 216 g/mol. The number of amides is 1. The van der Waals surface area contributed by atoms with Crippen molar-refractivity contribution in [1.82, 2.24) is 5.32 Å². The molecule has 1 aromatic carbocycles. The molecule has 1 saturated carbocycles. The highest BCUT2D eigenvalue weighted by atomic mass is 16.3. The summed E-state index contributed by atoms with van der Waals surface area (Å²) < 4.78 is 0. The fourth-order valence-corrected chi connectivity index (χ4v) is 2.27. The quantitative estimate of drug-likeness (QED) is 0.687. The summed E-state index contributed by atoms with van der Waals surface area (Å²) in [7, 11) is 0. The summed E-state index contributed by atoms with van der Waals surface area (Å²) in [6.07, 6.45) is 2.41. The third-order valence-electron chi connectivity index (χ3n) is 3.27. The van der Waals surface area contributed by atoms with Gasteiger partial charge in [0, 0.05) is 12.2 Å². The maximum Gasteiger partial charge on any atom is 0.253 e. The molecule has 1 aliphatic carbocycles. The molecule has 0 spiro atoms. The van der Waals surface area contributed by atoms with Crippen molar-refractivity contribution in [3.05, 3.63) is 29.8 Å². The molecule has 4 N–H and O–H groups in total. The van der Waals surface area contributed by atoms with Crippen LogP contribution in [0.4, 0.5) is 5.69 Å². The highest BCUT2D eigenvalue weighted by Crippen LogP contribution is 2.24. The first kappa shape index (κ1) is 11.9. The Labute approximate surface area is 101 Å². The second kappa shape index (κ2) is 5.19. The molecule has 92 valence electrons. The van der Waals surface area contributed by atoms with Crippen LogP contribution in [0.3, 0.4) is 0 Å². The number of carbonyl (C=O) groups is 1. The largest absolute Gasteiger partial charge is 0.398 e. The first-order valence-corrected chi connectivity index (χ1v) is 5.97. The molecular formula is C13H18N2O2. The molecule has 2 rings (SSSR count). The number of hydrogen-bond acceptors (Lipinski definition) is 3. The minimum absolute atomic E-state index is 0.135. The Morgan fingerprint density at radius 2 is 2.18 bits per heavy atom. The Morgan fingerprint density at radius 1 is 1.41 bits per heavy atom. The Morgan fingerprint density at radius 3 is 2.82 bits per heavy atom. The average Bonchev–Trinajstić information content (AvgIpc) is 2.73. The highest BCUT2D eigenvalue weighted by molar-refractivity contribution is 5.99. The predicted molar refractivity (Wildman–Crippen MR) is 66.5 cm³/mol. The number of anilines is 1. The first-order chi connectivity index (χ1) is 8.16. The minimum Gasteiger partial charge on any atom is -0.398 e. The lowest BCUT2D eigenvalue weighted by molar-refractivity contribution is 0.0946. The zero-order chi connectivity index (χ0) is 12.3. The van der Waals surface area contributed by atoms with E-state index in [1.54, 1.807) is 24.3 Å². The minimum atomic E-state index is -0.196. The Balaban J connectivity index is 1.88. The number of hydrogen-bond donors (Lipinski definition) is 3. The van der Waals surface area contributed by atoms with Gasteiger partial charge in [0.2, 0.25) is 0 Å². The van der Waals surface area contributed by atoms with Crippen LogP contribution in [0, 0.1) is 5.92 Å². The molecule has 0 aliphatic heterocycles. The van der Waals surface area contributed by atoms with Gasteiger partial charge in [0.1, 0.15) is 0 Å². The summed E-state index contributed by atoms with van der Waals surface area (Å²) >= 11 is 0. The van der Waals surface area contributed by atoms with Crippen molar-refractivity contribution in [1.29, 1.82) is 0 Å². The third kappa shape index (κ3) is 2.97. The lowest BCUT2D eigenvalue weighted by atomic mass is 10.1. The molecule has 0 aromatic heterocycles. The van der Waals surface area contributed by atoms with Gasteiger partial charge in [0.25, 0.3) is 5.91 Å². The summed E-state index contributed by atoms with van der Waals surface area (Å²) in [5.41, 5.74) is 6.74. The Hall–Kier alpha value is -1.55. The van der Waals surface area contributed by atoms with Gasteiger partial charge in [-0.1, -0.05) is 12.1 Å². The topological polar surface area (TPSA) is 75.4 Å². The van der Waals surface area contributed by atoms with Gasteiger partial charge in [-0.25, -0.2) is 0 Å². The van der Waals surface area contributed by atoms with E-state index in [-0.39, 0.29) is 12.0 Å². The number of nitrogens with two attached hydrogens (primary N) is 1. The summed E-state index contributed by atoms with van der Waals surface area (Å²) in [6, 6.07) is 7.03. The molecule has 0 heterocycles. The predicted octanol–water partition coefficient (Wildman–Crippen LogP) is 1.16. The van der Waals surface area contributed by atoms with Crippen LogP contribution in [0.2, 0.25) is 0 Å². The van der Waals surface area contributed by atoms with Crippen molar-refractivity contribution in [2.75, 3.05) is 12.3 Å². The smallest absolute Gasteiger partial charge is 0.253 e. The Kier molecular flexibility index (Phi) is 3.64. The summed E-state index contributed by atoms with van der Waals surface area (Å²) in [4.78, 5) is 11.9. The number of aliphatic hydroxyl groups excluding tert-OH is 1. The average molecular weight is 234 g/mol. The summed E-state index contributed by atoms with van der Waals surface area (Å²) in [6.45, 7) is 0.615. The SMILES string of the molecule is Nc1ccccc1C(=O)NCC1CCC(O)C1. The van der Waals surface area contributed by atoms with Gasteiger partial charge in [0.05, 0.1) is 11.7 Å². The molecule has 1 amide bonds. The monoisotopic (exact) mass is 234 g/mol. The molecule has 17 heavy (non-hydrogen) atoms. The van der Waals surface area contributed by atoms with Gasteiger partial charge < -0.3 is 16.2 Å². The van der Waals surface area contributed by atoms with Crippen LogP contribution in [-0.2, 0) is 0 Å². The van der Waals surface area contributed by atoms with Gasteiger partial charge in [-0.2, -0.15) is 0 Å². The molecule has 0 saturated heterocycles. The van der Waals surface area contributed by atoms with E-state index < -0.39 is 0 Å². The number of carbonyl (C=O) groups excluding carboxylic acids is 1. The lowest BCUT2D eigenvalue weighted by Gasteiger charge is -2.11. The van der Waals surface area contributed by atoms with E-state index in [4.69, 9.17) is 5.73 Å². The maximum absolute atomic E-state index is 11.9. The van der Waals surface area contributed by atoms with Crippen LogP contribution in [-0.4, -0.2) is 23.7 Å². The van der Waals surface area contributed by atoms with Crippen molar-refractivity contribution < 1.29 is 9.90 Å². The highest BCUT2D eigenvalue weighted by Gasteiger charge is 2.23. The standard InChI is InChI=1S/C13H18N2O2/c14-12-4-2-1-3-11(12)13(17)15-8-9-5-6-10(16)7-9/h1-4,9-10,16H,5-8,14H2,(H,15,17). The van der Waals surface area contributed by atoms with E-state index in [9.17, 15) is 9.90 Å². The van der Waals surface area contributed by atoms with Crippen molar-refractivity contribution in [2.45, 2.75) is 25.4 Å². The zero-order valence-corrected chi connectivity index (χ0v) is 9.73. The number of para-hydroxylation sites is 1. The van der Waals surface area contributed by atoms with Crippen molar-refractivity contribution >= 4 is 11.6 Å². The molecule has 2 unspecified atom stereocenters.